The minimum atomic E-state index is -0.462. The van der Waals surface area contributed by atoms with Crippen LogP contribution >= 0.6 is 0 Å². The molecule has 0 spiro atoms. The minimum absolute atomic E-state index is 0.00441. The lowest BCUT2D eigenvalue weighted by atomic mass is 10.0. The van der Waals surface area contributed by atoms with Crippen LogP contribution in [0, 0.1) is 11.3 Å². The topological polar surface area (TPSA) is 62.1 Å². The van der Waals surface area contributed by atoms with E-state index in [9.17, 15) is 10.1 Å². The Bertz CT molecular complexity index is 1270. The molecule has 0 aromatic heterocycles. The van der Waals surface area contributed by atoms with E-state index in [1.54, 1.807) is 18.2 Å². The second-order valence-corrected chi connectivity index (χ2v) is 6.96. The number of carbonyl (C=O) groups is 1. The molecule has 0 saturated heterocycles. The fraction of sp³-hybridized carbons (Fsp3) is 0.0370. The Labute approximate surface area is 181 Å². The fourth-order valence-corrected chi connectivity index (χ4v) is 3.30. The summed E-state index contributed by atoms with van der Waals surface area (Å²) >= 11 is 0. The number of amides is 1. The van der Waals surface area contributed by atoms with Crippen LogP contribution in [-0.2, 0) is 11.4 Å². The van der Waals surface area contributed by atoms with Gasteiger partial charge < -0.3 is 10.1 Å². The van der Waals surface area contributed by atoms with Gasteiger partial charge >= 0.3 is 0 Å². The summed E-state index contributed by atoms with van der Waals surface area (Å²) in [5, 5.41) is 14.4. The van der Waals surface area contributed by atoms with Crippen LogP contribution in [0.5, 0.6) is 5.75 Å². The zero-order valence-corrected chi connectivity index (χ0v) is 16.8. The van der Waals surface area contributed by atoms with E-state index >= 15 is 0 Å². The van der Waals surface area contributed by atoms with Gasteiger partial charge in [-0.3, -0.25) is 4.79 Å². The van der Waals surface area contributed by atoms with Crippen LogP contribution in [0.2, 0.25) is 0 Å². The molecule has 0 aliphatic carbocycles. The summed E-state index contributed by atoms with van der Waals surface area (Å²) in [5.74, 6) is 0.151. The van der Waals surface area contributed by atoms with Gasteiger partial charge in [-0.05, 0) is 40.6 Å². The van der Waals surface area contributed by atoms with Crippen LogP contribution in [0.25, 0.3) is 16.8 Å². The van der Waals surface area contributed by atoms with Gasteiger partial charge in [0.2, 0.25) is 0 Å². The molecule has 0 fully saturated rings. The summed E-state index contributed by atoms with van der Waals surface area (Å²) in [4.78, 5) is 12.7. The van der Waals surface area contributed by atoms with E-state index in [4.69, 9.17) is 4.74 Å². The van der Waals surface area contributed by atoms with Gasteiger partial charge in [-0.1, -0.05) is 78.9 Å². The van der Waals surface area contributed by atoms with Crippen LogP contribution < -0.4 is 10.1 Å². The molecule has 0 aliphatic heterocycles. The predicted octanol–water partition coefficient (Wildman–Crippen LogP) is 5.96. The number of benzene rings is 4. The summed E-state index contributed by atoms with van der Waals surface area (Å²) in [6.07, 6.45) is 1.60. The van der Waals surface area contributed by atoms with E-state index in [-0.39, 0.29) is 5.57 Å². The zero-order chi connectivity index (χ0) is 21.5. The third-order valence-corrected chi connectivity index (χ3v) is 4.85. The van der Waals surface area contributed by atoms with Crippen LogP contribution in [-0.4, -0.2) is 5.91 Å². The van der Waals surface area contributed by atoms with Gasteiger partial charge in [-0.15, -0.1) is 0 Å². The largest absolute Gasteiger partial charge is 0.488 e. The smallest absolute Gasteiger partial charge is 0.266 e. The van der Waals surface area contributed by atoms with Gasteiger partial charge in [0.1, 0.15) is 24.0 Å². The molecule has 0 aliphatic rings. The van der Waals surface area contributed by atoms with Crippen molar-refractivity contribution in [2.24, 2.45) is 0 Å². The molecule has 4 aromatic rings. The normalized spacial score (nSPS) is 11.0. The van der Waals surface area contributed by atoms with Crippen molar-refractivity contribution in [1.82, 2.24) is 0 Å². The maximum atomic E-state index is 12.7. The molecule has 1 N–H and O–H groups in total. The Kier molecular flexibility index (Phi) is 6.06. The molecule has 1 amide bonds. The molecule has 4 nitrogen and oxygen atoms in total. The number of anilines is 1. The molecular formula is C27H20N2O2. The summed E-state index contributed by atoms with van der Waals surface area (Å²) in [6.45, 7) is 0.387. The van der Waals surface area contributed by atoms with Crippen molar-refractivity contribution in [1.29, 1.82) is 5.26 Å². The standard InChI is InChI=1S/C27H20N2O2/c28-18-22(27(30)29-23-12-5-2-6-13-23)17-25-24-14-8-7-11-21(24)15-16-26(25)31-19-20-9-3-1-4-10-20/h1-17H,19H2,(H,29,30)/b22-17-. The number of nitrogens with one attached hydrogen (secondary N) is 1. The maximum Gasteiger partial charge on any atom is 0.266 e. The summed E-state index contributed by atoms with van der Waals surface area (Å²) in [6, 6.07) is 32.6. The molecule has 0 atom stereocenters. The molecule has 4 rings (SSSR count). The Morgan fingerprint density at radius 2 is 1.55 bits per heavy atom. The number of hydrogen-bond donors (Lipinski definition) is 1. The fourth-order valence-electron chi connectivity index (χ4n) is 3.30. The monoisotopic (exact) mass is 404 g/mol. The molecule has 0 radical (unpaired) electrons. The first-order chi connectivity index (χ1) is 15.2. The second kappa shape index (κ2) is 9.43. The van der Waals surface area contributed by atoms with E-state index < -0.39 is 5.91 Å². The lowest BCUT2D eigenvalue weighted by Gasteiger charge is -2.13. The highest BCUT2D eigenvalue weighted by molar-refractivity contribution is 6.11. The average molecular weight is 404 g/mol. The van der Waals surface area contributed by atoms with Gasteiger partial charge in [-0.25, -0.2) is 0 Å². The second-order valence-electron chi connectivity index (χ2n) is 6.96. The van der Waals surface area contributed by atoms with Crippen molar-refractivity contribution in [2.75, 3.05) is 5.32 Å². The number of nitriles is 1. The number of rotatable bonds is 6. The minimum Gasteiger partial charge on any atom is -0.488 e. The Morgan fingerprint density at radius 1 is 0.871 bits per heavy atom. The highest BCUT2D eigenvalue weighted by Crippen LogP contribution is 2.31. The van der Waals surface area contributed by atoms with Gasteiger partial charge in [-0.2, -0.15) is 5.26 Å². The molecular weight excluding hydrogens is 384 g/mol. The van der Waals surface area contributed by atoms with Crippen molar-refractivity contribution in [3.8, 4) is 11.8 Å². The molecule has 4 aromatic carbocycles. The molecule has 0 heterocycles. The van der Waals surface area contributed by atoms with E-state index in [1.807, 2.05) is 91.0 Å². The quantitative estimate of drug-likeness (QED) is 0.318. The van der Waals surface area contributed by atoms with Gasteiger partial charge in [0.25, 0.3) is 5.91 Å². The summed E-state index contributed by atoms with van der Waals surface area (Å²) < 4.78 is 6.09. The van der Waals surface area contributed by atoms with Gasteiger partial charge in [0, 0.05) is 11.3 Å². The lowest BCUT2D eigenvalue weighted by molar-refractivity contribution is -0.112. The van der Waals surface area contributed by atoms with Crippen molar-refractivity contribution < 1.29 is 9.53 Å². The number of ether oxygens (including phenoxy) is 1. The number of fused-ring (bicyclic) bond motifs is 1. The number of hydrogen-bond acceptors (Lipinski definition) is 3. The van der Waals surface area contributed by atoms with Gasteiger partial charge in [0.15, 0.2) is 0 Å². The first-order valence-corrected chi connectivity index (χ1v) is 9.91. The van der Waals surface area contributed by atoms with Crippen LogP contribution in [0.15, 0.2) is 103 Å². The van der Waals surface area contributed by atoms with E-state index in [2.05, 4.69) is 5.32 Å². The average Bonchev–Trinajstić information content (AvgIpc) is 2.82. The molecule has 0 bridgehead atoms. The van der Waals surface area contributed by atoms with E-state index in [0.29, 0.717) is 23.6 Å². The third-order valence-electron chi connectivity index (χ3n) is 4.85. The van der Waals surface area contributed by atoms with Gasteiger partial charge in [0.05, 0.1) is 0 Å². The zero-order valence-electron chi connectivity index (χ0n) is 16.8. The highest BCUT2D eigenvalue weighted by atomic mass is 16.5. The van der Waals surface area contributed by atoms with Crippen LogP contribution in [0.1, 0.15) is 11.1 Å². The molecule has 0 unspecified atom stereocenters. The first-order valence-electron chi connectivity index (χ1n) is 9.91. The Morgan fingerprint density at radius 3 is 2.29 bits per heavy atom. The van der Waals surface area contributed by atoms with Crippen LogP contribution in [0.3, 0.4) is 0 Å². The predicted molar refractivity (Wildman–Crippen MR) is 123 cm³/mol. The maximum absolute atomic E-state index is 12.7. The molecule has 4 heteroatoms. The van der Waals surface area contributed by atoms with E-state index in [1.165, 1.54) is 0 Å². The molecule has 31 heavy (non-hydrogen) atoms. The summed E-state index contributed by atoms with van der Waals surface area (Å²) in [7, 11) is 0. The Hall–Kier alpha value is -4.36. The van der Waals surface area contributed by atoms with Crippen molar-refractivity contribution in [3.05, 3.63) is 114 Å². The van der Waals surface area contributed by atoms with Crippen molar-refractivity contribution in [2.45, 2.75) is 6.61 Å². The van der Waals surface area contributed by atoms with Crippen molar-refractivity contribution >= 4 is 28.4 Å². The van der Waals surface area contributed by atoms with Crippen LogP contribution in [0.4, 0.5) is 5.69 Å². The Balaban J connectivity index is 1.71. The first kappa shape index (κ1) is 19.9. The molecule has 0 saturated carbocycles. The number of nitrogens with zero attached hydrogens (tertiary/aromatic N) is 1. The number of carbonyl (C=O) groups excluding carboxylic acids is 1. The lowest BCUT2D eigenvalue weighted by Crippen LogP contribution is -2.13. The van der Waals surface area contributed by atoms with E-state index in [0.717, 1.165) is 16.3 Å². The SMILES string of the molecule is N#C/C(=C/c1c(OCc2ccccc2)ccc2ccccc12)C(=O)Nc1ccccc1. The van der Waals surface area contributed by atoms with Crippen molar-refractivity contribution in [3.63, 3.8) is 0 Å². The highest BCUT2D eigenvalue weighted by Gasteiger charge is 2.14. The third kappa shape index (κ3) is 4.80. The molecule has 150 valence electrons. The summed E-state index contributed by atoms with van der Waals surface area (Å²) in [5.41, 5.74) is 2.37. The number of para-hydroxylation sites is 1.